The van der Waals surface area contributed by atoms with Crippen LogP contribution in [0.4, 0.5) is 0 Å². The second-order valence-electron chi connectivity index (χ2n) is 13.3. The average Bonchev–Trinajstić information content (AvgIpc) is 3.66. The maximum Gasteiger partial charge on any atom is 0.0708 e. The van der Waals surface area contributed by atoms with Gasteiger partial charge in [-0.1, -0.05) is 111 Å². The first kappa shape index (κ1) is 27.8. The number of fused-ring (bicyclic) bond motifs is 12. The molecule has 0 radical (unpaired) electrons. The number of hydrogen-bond donors (Lipinski definition) is 0. The van der Waals surface area contributed by atoms with E-state index in [0.29, 0.717) is 0 Å². The summed E-state index contributed by atoms with van der Waals surface area (Å²) in [5.74, 6) is 0. The zero-order valence-corrected chi connectivity index (χ0v) is 27.9. The normalized spacial score (nSPS) is 13.5. The third kappa shape index (κ3) is 3.81. The van der Waals surface area contributed by atoms with Crippen LogP contribution in [0.5, 0.6) is 0 Å². The molecule has 0 N–H and O–H groups in total. The minimum absolute atomic E-state index is 0.0629. The first-order chi connectivity index (χ1) is 23.7. The van der Waals surface area contributed by atoms with E-state index < -0.39 is 0 Å². The Balaban J connectivity index is 1.09. The highest BCUT2D eigenvalue weighted by molar-refractivity contribution is 7.26. The topological polar surface area (TPSA) is 12.9 Å². The molecule has 10 rings (SSSR count). The summed E-state index contributed by atoms with van der Waals surface area (Å²) in [5, 5.41) is 10.5. The van der Waals surface area contributed by atoms with Gasteiger partial charge in [0.1, 0.15) is 0 Å². The molecule has 0 unspecified atom stereocenters. The molecule has 9 aromatic rings. The van der Waals surface area contributed by atoms with Crippen LogP contribution in [0.25, 0.3) is 86.0 Å². The van der Waals surface area contributed by atoms with E-state index in [9.17, 15) is 0 Å². The van der Waals surface area contributed by atoms with Gasteiger partial charge in [0.05, 0.1) is 5.69 Å². The second-order valence-corrected chi connectivity index (χ2v) is 14.4. The van der Waals surface area contributed by atoms with Crippen molar-refractivity contribution in [3.8, 4) is 33.5 Å². The Hall–Kier alpha value is -5.31. The van der Waals surface area contributed by atoms with E-state index in [1.165, 1.54) is 85.9 Å². The van der Waals surface area contributed by atoms with Gasteiger partial charge in [-0.25, -0.2) is 0 Å². The Morgan fingerprint density at radius 2 is 1.06 bits per heavy atom. The van der Waals surface area contributed by atoms with Crippen LogP contribution in [-0.4, -0.2) is 4.98 Å². The van der Waals surface area contributed by atoms with Crippen LogP contribution in [-0.2, 0) is 5.41 Å². The summed E-state index contributed by atoms with van der Waals surface area (Å²) in [6.07, 6.45) is 4.16. The fourth-order valence-electron chi connectivity index (χ4n) is 8.75. The largest absolute Gasteiger partial charge is 0.256 e. The summed E-state index contributed by atoms with van der Waals surface area (Å²) >= 11 is 1.88. The van der Waals surface area contributed by atoms with E-state index >= 15 is 0 Å². The lowest BCUT2D eigenvalue weighted by atomic mass is 9.73. The standard InChI is InChI=1S/C46H33NS/c1-3-46(4-2)41-16-10-9-15-35(41)36-19-17-28(23-42(36)46)29-21-22-47-43(24-29)30-18-20-37-40-26-38-33-13-7-5-11-31(33)32-12-6-8-14-34(32)39(38)27-45(40)48-44(37)25-30/h5-27H,3-4H2,1-2H3. The van der Waals surface area contributed by atoms with Gasteiger partial charge in [0.15, 0.2) is 0 Å². The van der Waals surface area contributed by atoms with Crippen LogP contribution in [0.15, 0.2) is 140 Å². The minimum Gasteiger partial charge on any atom is -0.256 e. The van der Waals surface area contributed by atoms with Crippen LogP contribution in [0.1, 0.15) is 37.8 Å². The first-order valence-electron chi connectivity index (χ1n) is 17.1. The van der Waals surface area contributed by atoms with Gasteiger partial charge in [0, 0.05) is 37.3 Å². The molecule has 0 saturated carbocycles. The van der Waals surface area contributed by atoms with E-state index in [0.717, 1.165) is 24.1 Å². The summed E-state index contributed by atoms with van der Waals surface area (Å²) in [6, 6.07) is 49.9. The van der Waals surface area contributed by atoms with Crippen molar-refractivity contribution < 1.29 is 0 Å². The third-order valence-electron chi connectivity index (χ3n) is 11.2. The lowest BCUT2D eigenvalue weighted by Gasteiger charge is -2.30. The monoisotopic (exact) mass is 631 g/mol. The van der Waals surface area contributed by atoms with E-state index in [2.05, 4.69) is 147 Å². The molecular weight excluding hydrogens is 599 g/mol. The van der Waals surface area contributed by atoms with Crippen molar-refractivity contribution in [3.05, 3.63) is 151 Å². The van der Waals surface area contributed by atoms with Crippen LogP contribution in [0.2, 0.25) is 0 Å². The van der Waals surface area contributed by atoms with Crippen molar-refractivity contribution in [2.45, 2.75) is 32.1 Å². The van der Waals surface area contributed by atoms with Gasteiger partial charge in [-0.05, 0) is 115 Å². The fourth-order valence-corrected chi connectivity index (χ4v) is 9.91. The molecule has 0 aliphatic heterocycles. The second kappa shape index (κ2) is 10.3. The van der Waals surface area contributed by atoms with Crippen LogP contribution >= 0.6 is 11.3 Å². The van der Waals surface area contributed by atoms with Crippen molar-refractivity contribution in [1.29, 1.82) is 0 Å². The Morgan fingerprint density at radius 1 is 0.458 bits per heavy atom. The number of thiophene rings is 1. The highest BCUT2D eigenvalue weighted by Crippen LogP contribution is 2.53. The summed E-state index contributed by atoms with van der Waals surface area (Å²) < 4.78 is 2.62. The van der Waals surface area contributed by atoms with E-state index in [4.69, 9.17) is 4.98 Å². The van der Waals surface area contributed by atoms with Gasteiger partial charge in [-0.15, -0.1) is 11.3 Å². The van der Waals surface area contributed by atoms with E-state index in [1.807, 2.05) is 17.5 Å². The van der Waals surface area contributed by atoms with Crippen molar-refractivity contribution in [2.24, 2.45) is 0 Å². The number of benzene rings is 7. The quantitative estimate of drug-likeness (QED) is 0.176. The SMILES string of the molecule is CCC1(CC)c2ccccc2-c2ccc(-c3ccnc(-c4ccc5c(c4)sc4cc6c7ccccc7c7ccccc7c6cc45)c3)cc21. The van der Waals surface area contributed by atoms with Gasteiger partial charge in [-0.3, -0.25) is 4.98 Å². The maximum atomic E-state index is 4.88. The Bertz CT molecular complexity index is 2760. The van der Waals surface area contributed by atoms with Crippen molar-refractivity contribution in [1.82, 2.24) is 4.98 Å². The Kier molecular flexibility index (Phi) is 5.98. The van der Waals surface area contributed by atoms with Crippen molar-refractivity contribution >= 4 is 63.8 Å². The molecule has 0 saturated heterocycles. The molecule has 2 heteroatoms. The van der Waals surface area contributed by atoms with Gasteiger partial charge < -0.3 is 0 Å². The molecule has 7 aromatic carbocycles. The van der Waals surface area contributed by atoms with Crippen LogP contribution in [0, 0.1) is 0 Å². The van der Waals surface area contributed by atoms with Crippen LogP contribution in [0.3, 0.4) is 0 Å². The number of rotatable bonds is 4. The molecule has 0 bridgehead atoms. The lowest BCUT2D eigenvalue weighted by Crippen LogP contribution is -2.23. The molecule has 1 nitrogen and oxygen atoms in total. The molecule has 228 valence electrons. The zero-order valence-electron chi connectivity index (χ0n) is 27.0. The Labute approximate surface area is 284 Å². The molecule has 48 heavy (non-hydrogen) atoms. The number of aromatic nitrogens is 1. The van der Waals surface area contributed by atoms with E-state index in [-0.39, 0.29) is 5.41 Å². The maximum absolute atomic E-state index is 4.88. The van der Waals surface area contributed by atoms with Gasteiger partial charge >= 0.3 is 0 Å². The predicted octanol–water partition coefficient (Wildman–Crippen LogP) is 13.3. The van der Waals surface area contributed by atoms with Gasteiger partial charge in [0.25, 0.3) is 0 Å². The number of pyridine rings is 1. The van der Waals surface area contributed by atoms with Crippen molar-refractivity contribution in [3.63, 3.8) is 0 Å². The molecular formula is C46H33NS. The summed E-state index contributed by atoms with van der Waals surface area (Å²) in [7, 11) is 0. The van der Waals surface area contributed by atoms with Crippen molar-refractivity contribution in [2.75, 3.05) is 0 Å². The first-order valence-corrected chi connectivity index (χ1v) is 17.9. The number of hydrogen-bond acceptors (Lipinski definition) is 2. The van der Waals surface area contributed by atoms with Gasteiger partial charge in [0.2, 0.25) is 0 Å². The lowest BCUT2D eigenvalue weighted by molar-refractivity contribution is 0.490. The Morgan fingerprint density at radius 3 is 1.81 bits per heavy atom. The van der Waals surface area contributed by atoms with Gasteiger partial charge in [-0.2, -0.15) is 0 Å². The molecule has 0 amide bonds. The number of nitrogens with zero attached hydrogens (tertiary/aromatic N) is 1. The molecule has 0 atom stereocenters. The highest BCUT2D eigenvalue weighted by Gasteiger charge is 2.40. The van der Waals surface area contributed by atoms with Crippen LogP contribution < -0.4 is 0 Å². The predicted molar refractivity (Wildman–Crippen MR) is 207 cm³/mol. The smallest absolute Gasteiger partial charge is 0.0708 e. The summed E-state index contributed by atoms with van der Waals surface area (Å²) in [6.45, 7) is 4.67. The summed E-state index contributed by atoms with van der Waals surface area (Å²) in [5.41, 5.74) is 10.4. The zero-order chi connectivity index (χ0) is 32.0. The van der Waals surface area contributed by atoms with E-state index in [1.54, 1.807) is 0 Å². The fraction of sp³-hybridized carbons (Fsp3) is 0.109. The highest BCUT2D eigenvalue weighted by atomic mass is 32.1. The molecule has 0 spiro atoms. The summed E-state index contributed by atoms with van der Waals surface area (Å²) in [4.78, 5) is 4.88. The molecule has 2 aromatic heterocycles. The molecule has 1 aliphatic rings. The molecule has 1 aliphatic carbocycles. The molecule has 2 heterocycles. The minimum atomic E-state index is 0.0629. The molecule has 0 fully saturated rings. The third-order valence-corrected chi connectivity index (χ3v) is 12.3. The average molecular weight is 632 g/mol.